The molecule has 4 rings (SSSR count). The van der Waals surface area contributed by atoms with Gasteiger partial charge in [0.15, 0.2) is 0 Å². The van der Waals surface area contributed by atoms with Gasteiger partial charge in [0.1, 0.15) is 4.90 Å². The van der Waals surface area contributed by atoms with E-state index in [-0.39, 0.29) is 10.5 Å². The summed E-state index contributed by atoms with van der Waals surface area (Å²) in [6, 6.07) is 18.7. The van der Waals surface area contributed by atoms with Gasteiger partial charge in [-0.1, -0.05) is 42.2 Å². The van der Waals surface area contributed by atoms with Crippen LogP contribution in [0.15, 0.2) is 77.8 Å². The predicted octanol–water partition coefficient (Wildman–Crippen LogP) is 4.48. The van der Waals surface area contributed by atoms with Crippen molar-refractivity contribution in [2.75, 3.05) is 17.1 Å². The first kappa shape index (κ1) is 22.8. The number of hydrogen-bond acceptors (Lipinski definition) is 5. The fourth-order valence-electron chi connectivity index (χ4n) is 3.59. The second-order valence-electron chi connectivity index (χ2n) is 7.50. The maximum atomic E-state index is 13.4. The standard InChI is InChI=1S/C26H21N3O4S/c1-17-9-12-20-7-5-15-28-24(20)25(17)34(32,33)29-22-8-4-3-6-19(22)13-10-18-11-14-21(26(30)31)23(16-18)27-2/h3-9,11-12,14-16,27,29H,1-2H3,(H,30,31). The molecule has 8 heteroatoms. The second-order valence-corrected chi connectivity index (χ2v) is 9.12. The first-order valence-electron chi connectivity index (χ1n) is 10.3. The Kier molecular flexibility index (Phi) is 6.21. The summed E-state index contributed by atoms with van der Waals surface area (Å²) in [5.41, 5.74) is 2.95. The molecule has 0 fully saturated rings. The predicted molar refractivity (Wildman–Crippen MR) is 133 cm³/mol. The molecule has 0 amide bonds. The molecular formula is C26H21N3O4S. The van der Waals surface area contributed by atoms with Crippen LogP contribution in [0.5, 0.6) is 0 Å². The topological polar surface area (TPSA) is 108 Å². The molecule has 170 valence electrons. The number of rotatable bonds is 5. The largest absolute Gasteiger partial charge is 0.478 e. The molecule has 0 saturated carbocycles. The molecule has 0 atom stereocenters. The van der Waals surface area contributed by atoms with Crippen molar-refractivity contribution in [3.8, 4) is 11.8 Å². The lowest BCUT2D eigenvalue weighted by atomic mass is 10.1. The van der Waals surface area contributed by atoms with E-state index in [4.69, 9.17) is 0 Å². The molecule has 0 unspecified atom stereocenters. The smallest absolute Gasteiger partial charge is 0.337 e. The monoisotopic (exact) mass is 471 g/mol. The maximum Gasteiger partial charge on any atom is 0.337 e. The number of aromatic nitrogens is 1. The summed E-state index contributed by atoms with van der Waals surface area (Å²) in [6.45, 7) is 1.73. The number of carboxylic acids is 1. The van der Waals surface area contributed by atoms with Gasteiger partial charge in [-0.15, -0.1) is 0 Å². The van der Waals surface area contributed by atoms with Crippen LogP contribution in [-0.4, -0.2) is 31.5 Å². The molecule has 4 aromatic rings. The zero-order valence-electron chi connectivity index (χ0n) is 18.5. The summed E-state index contributed by atoms with van der Waals surface area (Å²) in [7, 11) is -2.33. The van der Waals surface area contributed by atoms with E-state index in [1.807, 2.05) is 12.1 Å². The van der Waals surface area contributed by atoms with Crippen LogP contribution in [0.25, 0.3) is 10.9 Å². The summed E-state index contributed by atoms with van der Waals surface area (Å²) in [5, 5.41) is 12.9. The molecule has 0 aliphatic heterocycles. The fourth-order valence-corrected chi connectivity index (χ4v) is 5.08. The quantitative estimate of drug-likeness (QED) is 0.370. The van der Waals surface area contributed by atoms with Crippen LogP contribution in [0, 0.1) is 18.8 Å². The van der Waals surface area contributed by atoms with Crippen LogP contribution in [0.3, 0.4) is 0 Å². The number of sulfonamides is 1. The molecule has 1 aromatic heterocycles. The van der Waals surface area contributed by atoms with Crippen LogP contribution < -0.4 is 10.0 Å². The number of hydrogen-bond donors (Lipinski definition) is 3. The fraction of sp³-hybridized carbons (Fsp3) is 0.0769. The van der Waals surface area contributed by atoms with Crippen LogP contribution in [0.4, 0.5) is 11.4 Å². The third-order valence-electron chi connectivity index (χ3n) is 5.23. The maximum absolute atomic E-state index is 13.4. The Morgan fingerprint density at radius 2 is 1.76 bits per heavy atom. The molecule has 1 heterocycles. The third-order valence-corrected chi connectivity index (χ3v) is 6.77. The van der Waals surface area contributed by atoms with Crippen molar-refractivity contribution in [2.24, 2.45) is 0 Å². The van der Waals surface area contributed by atoms with Gasteiger partial charge in [0.05, 0.1) is 16.8 Å². The van der Waals surface area contributed by atoms with Gasteiger partial charge >= 0.3 is 5.97 Å². The minimum atomic E-state index is -3.96. The molecule has 0 bridgehead atoms. The van der Waals surface area contributed by atoms with Crippen molar-refractivity contribution in [1.82, 2.24) is 4.98 Å². The summed E-state index contributed by atoms with van der Waals surface area (Å²) < 4.78 is 29.4. The highest BCUT2D eigenvalue weighted by atomic mass is 32.2. The molecule has 34 heavy (non-hydrogen) atoms. The van der Waals surface area contributed by atoms with Gasteiger partial charge < -0.3 is 10.4 Å². The molecular weight excluding hydrogens is 450 g/mol. The van der Waals surface area contributed by atoms with Gasteiger partial charge in [-0.2, -0.15) is 0 Å². The number of para-hydroxylation sites is 1. The molecule has 0 saturated heterocycles. The van der Waals surface area contributed by atoms with Gasteiger partial charge in [0, 0.05) is 35.4 Å². The number of nitrogens with one attached hydrogen (secondary N) is 2. The highest BCUT2D eigenvalue weighted by Crippen LogP contribution is 2.27. The first-order chi connectivity index (χ1) is 16.3. The zero-order valence-corrected chi connectivity index (χ0v) is 19.3. The Morgan fingerprint density at radius 1 is 0.971 bits per heavy atom. The Bertz CT molecular complexity index is 1580. The molecule has 0 aliphatic carbocycles. The van der Waals surface area contributed by atoms with Crippen molar-refractivity contribution in [3.63, 3.8) is 0 Å². The SMILES string of the molecule is CNc1cc(C#Cc2ccccc2NS(=O)(=O)c2c(C)ccc3cccnc23)ccc1C(=O)O. The van der Waals surface area contributed by atoms with E-state index in [1.165, 1.54) is 6.07 Å². The van der Waals surface area contributed by atoms with Crippen molar-refractivity contribution >= 4 is 38.3 Å². The number of carbonyl (C=O) groups is 1. The van der Waals surface area contributed by atoms with E-state index in [0.717, 1.165) is 5.39 Å². The molecule has 3 aromatic carbocycles. The molecule has 0 spiro atoms. The summed E-state index contributed by atoms with van der Waals surface area (Å²) in [4.78, 5) is 15.7. The molecule has 0 aliphatic rings. The molecule has 7 nitrogen and oxygen atoms in total. The minimum absolute atomic E-state index is 0.122. The number of anilines is 2. The van der Waals surface area contributed by atoms with Gasteiger partial charge in [-0.3, -0.25) is 9.71 Å². The average molecular weight is 472 g/mol. The van der Waals surface area contributed by atoms with Gasteiger partial charge in [0.25, 0.3) is 10.0 Å². The van der Waals surface area contributed by atoms with E-state index >= 15 is 0 Å². The zero-order chi connectivity index (χ0) is 24.3. The summed E-state index contributed by atoms with van der Waals surface area (Å²) >= 11 is 0. The van der Waals surface area contributed by atoms with Crippen LogP contribution in [0.2, 0.25) is 0 Å². The highest BCUT2D eigenvalue weighted by Gasteiger charge is 2.22. The van der Waals surface area contributed by atoms with Gasteiger partial charge in [-0.25, -0.2) is 13.2 Å². The number of aryl methyl sites for hydroxylation is 1. The van der Waals surface area contributed by atoms with Crippen molar-refractivity contribution in [1.29, 1.82) is 0 Å². The first-order valence-corrected chi connectivity index (χ1v) is 11.8. The van der Waals surface area contributed by atoms with Crippen LogP contribution >= 0.6 is 0 Å². The van der Waals surface area contributed by atoms with E-state index in [1.54, 1.807) is 68.7 Å². The molecule has 0 radical (unpaired) electrons. The number of pyridine rings is 1. The number of fused-ring (bicyclic) bond motifs is 1. The van der Waals surface area contributed by atoms with Crippen molar-refractivity contribution in [3.05, 3.63) is 95.2 Å². The van der Waals surface area contributed by atoms with E-state index in [0.29, 0.717) is 33.6 Å². The normalized spacial score (nSPS) is 10.9. The highest BCUT2D eigenvalue weighted by molar-refractivity contribution is 7.93. The summed E-state index contributed by atoms with van der Waals surface area (Å²) in [6.07, 6.45) is 1.56. The van der Waals surface area contributed by atoms with E-state index in [9.17, 15) is 18.3 Å². The lowest BCUT2D eigenvalue weighted by Crippen LogP contribution is -2.16. The Hall–Kier alpha value is -4.35. The lowest BCUT2D eigenvalue weighted by molar-refractivity contribution is 0.0698. The number of aromatic carboxylic acids is 1. The second kappa shape index (κ2) is 9.25. The van der Waals surface area contributed by atoms with Crippen molar-refractivity contribution in [2.45, 2.75) is 11.8 Å². The lowest BCUT2D eigenvalue weighted by Gasteiger charge is -2.13. The van der Waals surface area contributed by atoms with Crippen molar-refractivity contribution < 1.29 is 18.3 Å². The van der Waals surface area contributed by atoms with Gasteiger partial charge in [0.2, 0.25) is 0 Å². The van der Waals surface area contributed by atoms with Gasteiger partial charge in [-0.05, 0) is 48.9 Å². The van der Waals surface area contributed by atoms with Crippen LogP contribution in [-0.2, 0) is 10.0 Å². The average Bonchev–Trinajstić information content (AvgIpc) is 2.82. The Labute approximate surface area is 197 Å². The molecule has 3 N–H and O–H groups in total. The third kappa shape index (κ3) is 4.56. The van der Waals surface area contributed by atoms with Crippen LogP contribution in [0.1, 0.15) is 27.0 Å². The minimum Gasteiger partial charge on any atom is -0.478 e. The number of nitrogens with zero attached hydrogens (tertiary/aromatic N) is 1. The number of carboxylic acid groups (broad SMARTS) is 1. The Balaban J connectivity index is 1.72. The Morgan fingerprint density at radius 3 is 2.53 bits per heavy atom. The van der Waals surface area contributed by atoms with E-state index in [2.05, 4.69) is 26.9 Å². The summed E-state index contributed by atoms with van der Waals surface area (Å²) in [5.74, 6) is 4.93. The number of benzene rings is 3. The van der Waals surface area contributed by atoms with E-state index < -0.39 is 16.0 Å².